The molecule has 0 radical (unpaired) electrons. The van der Waals surface area contributed by atoms with Gasteiger partial charge in [-0.2, -0.15) is 13.2 Å². The number of ether oxygens (including phenoxy) is 1. The zero-order valence-corrected chi connectivity index (χ0v) is 16.1. The summed E-state index contributed by atoms with van der Waals surface area (Å²) >= 11 is 0. The average molecular weight is 446 g/mol. The standard InChI is InChI=1S/C18H14F4N2O5S/c1-28-15-6-5-12(30(26,27)18(20,21)22)8-14(15)23-17(25)16-9-13(24-29-16)10-3-2-4-11(19)7-10/h2-8,16H,9H2,1H3,(H,23,25). The number of nitrogens with zero attached hydrogens (tertiary/aromatic N) is 1. The van der Waals surface area contributed by atoms with Crippen LogP contribution >= 0.6 is 0 Å². The van der Waals surface area contributed by atoms with Crippen LogP contribution in [0.2, 0.25) is 0 Å². The number of carbonyl (C=O) groups is 1. The van der Waals surface area contributed by atoms with Crippen molar-refractivity contribution in [3.05, 3.63) is 53.8 Å². The first-order valence-electron chi connectivity index (χ1n) is 8.32. The largest absolute Gasteiger partial charge is 0.501 e. The molecular weight excluding hydrogens is 432 g/mol. The molecule has 1 unspecified atom stereocenters. The van der Waals surface area contributed by atoms with E-state index in [0.29, 0.717) is 23.4 Å². The number of amides is 1. The van der Waals surface area contributed by atoms with Crippen LogP contribution in [0.25, 0.3) is 0 Å². The summed E-state index contributed by atoms with van der Waals surface area (Å²) in [7, 11) is -4.43. The third-order valence-electron chi connectivity index (χ3n) is 4.16. The van der Waals surface area contributed by atoms with Crippen LogP contribution in [0.1, 0.15) is 12.0 Å². The van der Waals surface area contributed by atoms with Gasteiger partial charge < -0.3 is 14.9 Å². The summed E-state index contributed by atoms with van der Waals surface area (Å²) in [4.78, 5) is 16.4. The van der Waals surface area contributed by atoms with E-state index in [9.17, 15) is 30.8 Å². The van der Waals surface area contributed by atoms with E-state index in [1.165, 1.54) is 25.3 Å². The highest BCUT2D eigenvalue weighted by Crippen LogP contribution is 2.35. The number of halogens is 4. The highest BCUT2D eigenvalue weighted by atomic mass is 32.2. The first kappa shape index (κ1) is 21.6. The van der Waals surface area contributed by atoms with Crippen LogP contribution in [0.15, 0.2) is 52.5 Å². The lowest BCUT2D eigenvalue weighted by molar-refractivity contribution is -0.125. The highest BCUT2D eigenvalue weighted by Gasteiger charge is 2.47. The molecule has 12 heteroatoms. The van der Waals surface area contributed by atoms with Gasteiger partial charge in [0.15, 0.2) is 0 Å². The molecule has 1 heterocycles. The molecule has 3 rings (SSSR count). The Morgan fingerprint density at radius 2 is 1.97 bits per heavy atom. The number of benzene rings is 2. The second-order valence-corrected chi connectivity index (χ2v) is 8.09. The lowest BCUT2D eigenvalue weighted by Crippen LogP contribution is -2.28. The van der Waals surface area contributed by atoms with Crippen LogP contribution in [0.5, 0.6) is 5.75 Å². The smallest absolute Gasteiger partial charge is 0.495 e. The molecule has 0 fully saturated rings. The van der Waals surface area contributed by atoms with E-state index in [-0.39, 0.29) is 17.9 Å². The number of hydrogen-bond acceptors (Lipinski definition) is 6. The van der Waals surface area contributed by atoms with Crippen molar-refractivity contribution < 1.29 is 40.3 Å². The van der Waals surface area contributed by atoms with Crippen LogP contribution in [0.3, 0.4) is 0 Å². The van der Waals surface area contributed by atoms with Gasteiger partial charge in [-0.15, -0.1) is 0 Å². The van der Waals surface area contributed by atoms with E-state index in [0.717, 1.165) is 6.07 Å². The molecular formula is C18H14F4N2O5S. The molecule has 7 nitrogen and oxygen atoms in total. The summed E-state index contributed by atoms with van der Waals surface area (Å²) in [6, 6.07) is 7.81. The predicted molar refractivity (Wildman–Crippen MR) is 97.3 cm³/mol. The molecule has 0 aliphatic carbocycles. The minimum Gasteiger partial charge on any atom is -0.495 e. The predicted octanol–water partition coefficient (Wildman–Crippen LogP) is 3.26. The molecule has 1 N–H and O–H groups in total. The maximum absolute atomic E-state index is 13.3. The Bertz CT molecular complexity index is 1120. The quantitative estimate of drug-likeness (QED) is 0.712. The number of carbonyl (C=O) groups excluding carboxylic acids is 1. The van der Waals surface area contributed by atoms with Crippen molar-refractivity contribution in [3.8, 4) is 5.75 Å². The van der Waals surface area contributed by atoms with Crippen molar-refractivity contribution in [2.24, 2.45) is 5.16 Å². The summed E-state index contributed by atoms with van der Waals surface area (Å²) in [5.41, 5.74) is -5.10. The van der Waals surface area contributed by atoms with Gasteiger partial charge in [-0.3, -0.25) is 4.79 Å². The summed E-state index contributed by atoms with van der Waals surface area (Å²) in [5, 5.41) is 6.02. The molecule has 0 spiro atoms. The molecule has 0 bridgehead atoms. The molecule has 0 aromatic heterocycles. The summed E-state index contributed by atoms with van der Waals surface area (Å²) in [6.45, 7) is 0. The molecule has 160 valence electrons. The third kappa shape index (κ3) is 4.22. The minimum absolute atomic E-state index is 0.0296. The number of nitrogens with one attached hydrogen (secondary N) is 1. The fourth-order valence-electron chi connectivity index (χ4n) is 2.66. The molecule has 1 amide bonds. The Kier molecular flexibility index (Phi) is 5.70. The zero-order valence-electron chi connectivity index (χ0n) is 15.2. The van der Waals surface area contributed by atoms with E-state index >= 15 is 0 Å². The van der Waals surface area contributed by atoms with Gasteiger partial charge in [0.2, 0.25) is 6.10 Å². The Morgan fingerprint density at radius 3 is 2.60 bits per heavy atom. The van der Waals surface area contributed by atoms with Gasteiger partial charge in [0.1, 0.15) is 11.6 Å². The monoisotopic (exact) mass is 446 g/mol. The first-order chi connectivity index (χ1) is 14.0. The fraction of sp³-hybridized carbons (Fsp3) is 0.222. The number of methoxy groups -OCH3 is 1. The maximum atomic E-state index is 13.3. The Morgan fingerprint density at radius 1 is 1.23 bits per heavy atom. The lowest BCUT2D eigenvalue weighted by Gasteiger charge is -2.15. The molecule has 1 aliphatic heterocycles. The maximum Gasteiger partial charge on any atom is 0.501 e. The van der Waals surface area contributed by atoms with Crippen molar-refractivity contribution in [2.75, 3.05) is 12.4 Å². The Balaban J connectivity index is 1.79. The van der Waals surface area contributed by atoms with Gasteiger partial charge >= 0.3 is 5.51 Å². The van der Waals surface area contributed by atoms with Crippen molar-refractivity contribution in [1.82, 2.24) is 0 Å². The molecule has 1 atom stereocenters. The summed E-state index contributed by atoms with van der Waals surface area (Å²) in [5.74, 6) is -1.37. The molecule has 2 aromatic rings. The van der Waals surface area contributed by atoms with Crippen LogP contribution in [-0.4, -0.2) is 38.8 Å². The number of rotatable bonds is 5. The highest BCUT2D eigenvalue weighted by molar-refractivity contribution is 7.92. The van der Waals surface area contributed by atoms with Crippen molar-refractivity contribution in [1.29, 1.82) is 0 Å². The van der Waals surface area contributed by atoms with E-state index in [1.807, 2.05) is 0 Å². The van der Waals surface area contributed by atoms with Crippen LogP contribution in [0.4, 0.5) is 23.2 Å². The molecule has 1 aliphatic rings. The van der Waals surface area contributed by atoms with Gasteiger partial charge in [-0.05, 0) is 30.3 Å². The zero-order chi connectivity index (χ0) is 22.1. The Hall–Kier alpha value is -3.15. The van der Waals surface area contributed by atoms with Gasteiger partial charge in [-0.25, -0.2) is 12.8 Å². The number of sulfone groups is 1. The van der Waals surface area contributed by atoms with E-state index in [2.05, 4.69) is 10.5 Å². The molecule has 0 saturated carbocycles. The second-order valence-electron chi connectivity index (χ2n) is 6.15. The van der Waals surface area contributed by atoms with Crippen molar-refractivity contribution >= 4 is 27.1 Å². The number of oxime groups is 1. The van der Waals surface area contributed by atoms with Gasteiger partial charge in [-0.1, -0.05) is 17.3 Å². The van der Waals surface area contributed by atoms with Gasteiger partial charge in [0, 0.05) is 12.0 Å². The minimum atomic E-state index is -5.62. The molecule has 30 heavy (non-hydrogen) atoms. The van der Waals surface area contributed by atoms with E-state index in [1.54, 1.807) is 6.07 Å². The molecule has 2 aromatic carbocycles. The van der Waals surface area contributed by atoms with Crippen LogP contribution in [-0.2, 0) is 19.5 Å². The number of alkyl halides is 3. The van der Waals surface area contributed by atoms with Gasteiger partial charge in [0.25, 0.3) is 15.7 Å². The second kappa shape index (κ2) is 7.94. The topological polar surface area (TPSA) is 94.1 Å². The van der Waals surface area contributed by atoms with E-state index < -0.39 is 38.1 Å². The third-order valence-corrected chi connectivity index (χ3v) is 5.65. The van der Waals surface area contributed by atoms with Crippen LogP contribution in [0, 0.1) is 5.82 Å². The summed E-state index contributed by atoms with van der Waals surface area (Å²) < 4.78 is 80.0. The first-order valence-corrected chi connectivity index (χ1v) is 9.80. The lowest BCUT2D eigenvalue weighted by atomic mass is 10.0. The average Bonchev–Trinajstić information content (AvgIpc) is 3.17. The van der Waals surface area contributed by atoms with Crippen molar-refractivity contribution in [2.45, 2.75) is 22.9 Å². The number of anilines is 1. The Labute approximate surface area is 168 Å². The van der Waals surface area contributed by atoms with Crippen molar-refractivity contribution in [3.63, 3.8) is 0 Å². The van der Waals surface area contributed by atoms with E-state index in [4.69, 9.17) is 9.57 Å². The van der Waals surface area contributed by atoms with Gasteiger partial charge in [0.05, 0.1) is 23.4 Å². The fourth-order valence-corrected chi connectivity index (χ4v) is 3.44. The normalized spacial score (nSPS) is 16.6. The number of hydrogen-bond donors (Lipinski definition) is 1. The molecule has 0 saturated heterocycles. The van der Waals surface area contributed by atoms with Crippen LogP contribution < -0.4 is 10.1 Å². The SMILES string of the molecule is COc1ccc(S(=O)(=O)C(F)(F)F)cc1NC(=O)C1CC(c2cccc(F)c2)=NO1. The summed E-state index contributed by atoms with van der Waals surface area (Å²) in [6.07, 6.45) is -1.19.